The Bertz CT molecular complexity index is 976. The highest BCUT2D eigenvalue weighted by molar-refractivity contribution is 5.44. The van der Waals surface area contributed by atoms with Gasteiger partial charge in [-0.25, -0.2) is 4.98 Å². The van der Waals surface area contributed by atoms with E-state index < -0.39 is 0 Å². The van der Waals surface area contributed by atoms with Gasteiger partial charge in [-0.3, -0.25) is 9.88 Å². The van der Waals surface area contributed by atoms with Crippen molar-refractivity contribution in [3.8, 4) is 0 Å². The van der Waals surface area contributed by atoms with Gasteiger partial charge in [0.25, 0.3) is 0 Å². The smallest absolute Gasteiger partial charge is 0.137 e. The molecule has 28 heavy (non-hydrogen) atoms. The number of ether oxygens (including phenoxy) is 1. The summed E-state index contributed by atoms with van der Waals surface area (Å²) in [7, 11) is 0. The number of morpholine rings is 1. The molecule has 3 aromatic rings. The molecule has 2 N–H and O–H groups in total. The van der Waals surface area contributed by atoms with Crippen LogP contribution in [0.1, 0.15) is 47.2 Å². The maximum atomic E-state index is 6.32. The third-order valence-electron chi connectivity index (χ3n) is 5.92. The van der Waals surface area contributed by atoms with Crippen LogP contribution in [0.4, 0.5) is 0 Å². The van der Waals surface area contributed by atoms with Gasteiger partial charge in [-0.15, -0.1) is 0 Å². The normalized spacial score (nSPS) is 20.4. The first-order valence-corrected chi connectivity index (χ1v) is 10.3. The number of rotatable bonds is 4. The Kier molecular flexibility index (Phi) is 4.84. The minimum atomic E-state index is 0.0672. The zero-order valence-electron chi connectivity index (χ0n) is 16.2. The summed E-state index contributed by atoms with van der Waals surface area (Å²) in [5.41, 5.74) is 13.1. The van der Waals surface area contributed by atoms with Crippen molar-refractivity contribution >= 4 is 5.65 Å². The molecule has 1 atom stereocenters. The second-order valence-corrected chi connectivity index (χ2v) is 7.85. The van der Waals surface area contributed by atoms with Crippen LogP contribution in [0.25, 0.3) is 5.65 Å². The molecule has 5 rings (SSSR count). The molecule has 6 nitrogen and oxygen atoms in total. The van der Waals surface area contributed by atoms with E-state index in [2.05, 4.69) is 39.8 Å². The van der Waals surface area contributed by atoms with E-state index in [1.54, 1.807) is 0 Å². The second-order valence-electron chi connectivity index (χ2n) is 7.85. The van der Waals surface area contributed by atoms with Crippen molar-refractivity contribution in [2.24, 2.45) is 5.73 Å². The summed E-state index contributed by atoms with van der Waals surface area (Å²) in [6, 6.07) is 10.6. The molecule has 0 radical (unpaired) electrons. The summed E-state index contributed by atoms with van der Waals surface area (Å²) in [6.45, 7) is 4.41. The van der Waals surface area contributed by atoms with E-state index >= 15 is 0 Å². The fourth-order valence-electron chi connectivity index (χ4n) is 4.37. The third kappa shape index (κ3) is 3.43. The molecule has 146 valence electrons. The quantitative estimate of drug-likeness (QED) is 0.757. The topological polar surface area (TPSA) is 68.7 Å². The number of hydrogen-bond acceptors (Lipinski definition) is 5. The van der Waals surface area contributed by atoms with E-state index in [1.165, 1.54) is 11.3 Å². The van der Waals surface area contributed by atoms with Crippen molar-refractivity contribution in [3.05, 3.63) is 64.9 Å². The molecular weight excluding hydrogens is 350 g/mol. The van der Waals surface area contributed by atoms with Crippen LogP contribution >= 0.6 is 0 Å². The van der Waals surface area contributed by atoms with Gasteiger partial charge in [0.1, 0.15) is 5.65 Å². The van der Waals surface area contributed by atoms with E-state index in [0.717, 1.165) is 81.3 Å². The Balaban J connectivity index is 1.48. The standard InChI is InChI=1S/C22H27N5O/c23-18-5-3-4-16-7-8-17(24-22(16)18)14-19-20(15-26-10-12-28-13-11-26)27-9-2-1-6-21(27)25-19/h1-2,6-9,18H,3-5,10-15,23H2. The molecule has 0 aromatic carbocycles. The van der Waals surface area contributed by atoms with Crippen LogP contribution < -0.4 is 5.73 Å². The SMILES string of the molecule is NC1CCCc2ccc(Cc3nc4ccccn4c3CN3CCOCC3)nc21. The molecule has 0 saturated carbocycles. The Labute approximate surface area is 165 Å². The molecule has 1 saturated heterocycles. The lowest BCUT2D eigenvalue weighted by Gasteiger charge is -2.26. The molecule has 3 aromatic heterocycles. The van der Waals surface area contributed by atoms with Crippen molar-refractivity contribution in [2.75, 3.05) is 26.3 Å². The highest BCUT2D eigenvalue weighted by Crippen LogP contribution is 2.27. The largest absolute Gasteiger partial charge is 0.379 e. The van der Waals surface area contributed by atoms with Crippen LogP contribution in [0.2, 0.25) is 0 Å². The minimum Gasteiger partial charge on any atom is -0.379 e. The number of aryl methyl sites for hydroxylation is 1. The van der Waals surface area contributed by atoms with Crippen LogP contribution in [0.5, 0.6) is 0 Å². The fraction of sp³-hybridized carbons (Fsp3) is 0.455. The van der Waals surface area contributed by atoms with E-state index in [9.17, 15) is 0 Å². The van der Waals surface area contributed by atoms with Crippen LogP contribution in [-0.2, 0) is 24.1 Å². The lowest BCUT2D eigenvalue weighted by atomic mass is 9.92. The average molecular weight is 377 g/mol. The molecule has 0 spiro atoms. The van der Waals surface area contributed by atoms with Crippen LogP contribution in [0.15, 0.2) is 36.5 Å². The van der Waals surface area contributed by atoms with E-state index in [-0.39, 0.29) is 6.04 Å². The van der Waals surface area contributed by atoms with E-state index in [1.807, 2.05) is 6.07 Å². The summed E-state index contributed by atoms with van der Waals surface area (Å²) in [5.74, 6) is 0. The predicted molar refractivity (Wildman–Crippen MR) is 108 cm³/mol. The monoisotopic (exact) mass is 377 g/mol. The Morgan fingerprint density at radius 2 is 2.00 bits per heavy atom. The number of hydrogen-bond donors (Lipinski definition) is 1. The van der Waals surface area contributed by atoms with Crippen molar-refractivity contribution in [3.63, 3.8) is 0 Å². The second kappa shape index (κ2) is 7.62. The van der Waals surface area contributed by atoms with Crippen molar-refractivity contribution in [2.45, 2.75) is 38.3 Å². The number of fused-ring (bicyclic) bond motifs is 2. The van der Waals surface area contributed by atoms with Gasteiger partial charge in [0.2, 0.25) is 0 Å². The van der Waals surface area contributed by atoms with Gasteiger partial charge in [0, 0.05) is 44.0 Å². The zero-order chi connectivity index (χ0) is 18.9. The average Bonchev–Trinajstić information content (AvgIpc) is 3.06. The molecule has 4 heterocycles. The van der Waals surface area contributed by atoms with Gasteiger partial charge in [0.05, 0.1) is 30.3 Å². The first-order chi connectivity index (χ1) is 13.8. The lowest BCUT2D eigenvalue weighted by Crippen LogP contribution is -2.36. The van der Waals surface area contributed by atoms with Gasteiger partial charge in [-0.1, -0.05) is 12.1 Å². The van der Waals surface area contributed by atoms with Crippen LogP contribution in [0, 0.1) is 0 Å². The van der Waals surface area contributed by atoms with Crippen LogP contribution in [-0.4, -0.2) is 45.6 Å². The van der Waals surface area contributed by atoms with E-state index in [4.69, 9.17) is 20.4 Å². The molecular formula is C22H27N5O. The van der Waals surface area contributed by atoms with Gasteiger partial charge < -0.3 is 14.9 Å². The number of nitrogens with zero attached hydrogens (tertiary/aromatic N) is 4. The molecule has 6 heteroatoms. The van der Waals surface area contributed by atoms with Crippen molar-refractivity contribution in [1.29, 1.82) is 0 Å². The first-order valence-electron chi connectivity index (χ1n) is 10.3. The Morgan fingerprint density at radius 1 is 1.11 bits per heavy atom. The Hall–Kier alpha value is -2.28. The molecule has 2 aliphatic rings. The van der Waals surface area contributed by atoms with Crippen molar-refractivity contribution in [1.82, 2.24) is 19.3 Å². The highest BCUT2D eigenvalue weighted by Gasteiger charge is 2.21. The number of imidazole rings is 1. The minimum absolute atomic E-state index is 0.0672. The van der Waals surface area contributed by atoms with Gasteiger partial charge in [-0.05, 0) is 43.0 Å². The maximum Gasteiger partial charge on any atom is 0.137 e. The first kappa shape index (κ1) is 17.8. The summed E-state index contributed by atoms with van der Waals surface area (Å²) < 4.78 is 7.73. The highest BCUT2D eigenvalue weighted by atomic mass is 16.5. The summed E-state index contributed by atoms with van der Waals surface area (Å²) in [5, 5.41) is 0. The van der Waals surface area contributed by atoms with Gasteiger partial charge in [-0.2, -0.15) is 0 Å². The van der Waals surface area contributed by atoms with Crippen molar-refractivity contribution < 1.29 is 4.74 Å². The zero-order valence-corrected chi connectivity index (χ0v) is 16.2. The lowest BCUT2D eigenvalue weighted by molar-refractivity contribution is 0.0334. The molecule has 0 amide bonds. The molecule has 1 fully saturated rings. The number of pyridine rings is 2. The van der Waals surface area contributed by atoms with Crippen LogP contribution in [0.3, 0.4) is 0 Å². The Morgan fingerprint density at radius 3 is 2.89 bits per heavy atom. The number of aromatic nitrogens is 3. The fourth-order valence-corrected chi connectivity index (χ4v) is 4.37. The van der Waals surface area contributed by atoms with Gasteiger partial charge in [0.15, 0.2) is 0 Å². The maximum absolute atomic E-state index is 6.32. The summed E-state index contributed by atoms with van der Waals surface area (Å²) in [4.78, 5) is 12.3. The molecule has 1 aliphatic carbocycles. The number of nitrogens with two attached hydrogens (primary N) is 1. The predicted octanol–water partition coefficient (Wildman–Crippen LogP) is 2.49. The molecule has 0 bridgehead atoms. The third-order valence-corrected chi connectivity index (χ3v) is 5.92. The summed E-state index contributed by atoms with van der Waals surface area (Å²) in [6.07, 6.45) is 6.12. The van der Waals surface area contributed by atoms with E-state index in [0.29, 0.717) is 0 Å². The molecule has 1 aliphatic heterocycles. The molecule has 1 unspecified atom stereocenters. The summed E-state index contributed by atoms with van der Waals surface area (Å²) >= 11 is 0. The van der Waals surface area contributed by atoms with Gasteiger partial charge >= 0.3 is 0 Å².